The van der Waals surface area contributed by atoms with Gasteiger partial charge in [-0.2, -0.15) is 0 Å². The van der Waals surface area contributed by atoms with Gasteiger partial charge in [-0.05, 0) is 44.0 Å². The zero-order valence-electron chi connectivity index (χ0n) is 11.7. The fourth-order valence-electron chi connectivity index (χ4n) is 1.86. The van der Waals surface area contributed by atoms with Crippen LogP contribution in [-0.4, -0.2) is 12.7 Å². The van der Waals surface area contributed by atoms with E-state index in [1.165, 1.54) is 0 Å². The van der Waals surface area contributed by atoms with Crippen LogP contribution in [0.4, 0.5) is 0 Å². The van der Waals surface area contributed by atoms with E-state index in [2.05, 4.69) is 0 Å². The zero-order valence-corrected chi connectivity index (χ0v) is 11.7. The predicted octanol–water partition coefficient (Wildman–Crippen LogP) is 4.15. The normalized spacial score (nSPS) is 11.9. The van der Waals surface area contributed by atoms with Crippen molar-refractivity contribution in [1.82, 2.24) is 0 Å². The molecule has 0 fully saturated rings. The molecule has 0 heterocycles. The second-order valence-electron chi connectivity index (χ2n) is 4.77. The summed E-state index contributed by atoms with van der Waals surface area (Å²) >= 11 is 0. The molecule has 0 aliphatic carbocycles. The Labute approximate surface area is 115 Å². The van der Waals surface area contributed by atoms with E-state index in [1.54, 1.807) is 0 Å². The Morgan fingerprint density at radius 1 is 0.842 bits per heavy atom. The Hall–Kier alpha value is -1.96. The molecule has 19 heavy (non-hydrogen) atoms. The summed E-state index contributed by atoms with van der Waals surface area (Å²) in [5.74, 6) is 1.84. The maximum absolute atomic E-state index is 5.88. The SMILES string of the molecule is Cc1ccccc1OCC(C)Oc1ccccc1C. The lowest BCUT2D eigenvalue weighted by Gasteiger charge is -2.17. The molecule has 0 amide bonds. The van der Waals surface area contributed by atoms with Crippen molar-refractivity contribution in [2.75, 3.05) is 6.61 Å². The highest BCUT2D eigenvalue weighted by Crippen LogP contribution is 2.19. The van der Waals surface area contributed by atoms with Gasteiger partial charge in [-0.3, -0.25) is 0 Å². The first-order chi connectivity index (χ1) is 9.16. The van der Waals surface area contributed by atoms with Gasteiger partial charge in [0.1, 0.15) is 24.2 Å². The molecule has 2 aromatic carbocycles. The Bertz CT molecular complexity index is 534. The summed E-state index contributed by atoms with van der Waals surface area (Å²) in [5.41, 5.74) is 2.29. The minimum atomic E-state index is 0.0145. The maximum atomic E-state index is 5.88. The second kappa shape index (κ2) is 6.28. The molecule has 0 aliphatic rings. The lowest BCUT2D eigenvalue weighted by molar-refractivity contribution is 0.142. The summed E-state index contributed by atoms with van der Waals surface area (Å²) in [5, 5.41) is 0. The highest BCUT2D eigenvalue weighted by atomic mass is 16.5. The van der Waals surface area contributed by atoms with Crippen LogP contribution >= 0.6 is 0 Å². The van der Waals surface area contributed by atoms with Gasteiger partial charge in [0.15, 0.2) is 0 Å². The largest absolute Gasteiger partial charge is 0.489 e. The van der Waals surface area contributed by atoms with Crippen LogP contribution in [0, 0.1) is 13.8 Å². The average Bonchev–Trinajstić information content (AvgIpc) is 2.40. The molecule has 0 N–H and O–H groups in total. The summed E-state index contributed by atoms with van der Waals surface area (Å²) in [6.07, 6.45) is 0.0145. The van der Waals surface area contributed by atoms with E-state index >= 15 is 0 Å². The highest BCUT2D eigenvalue weighted by molar-refractivity contribution is 5.33. The van der Waals surface area contributed by atoms with Crippen molar-refractivity contribution in [3.63, 3.8) is 0 Å². The number of hydrogen-bond donors (Lipinski definition) is 0. The van der Waals surface area contributed by atoms with Gasteiger partial charge in [0.05, 0.1) is 0 Å². The van der Waals surface area contributed by atoms with Crippen LogP contribution in [-0.2, 0) is 0 Å². The van der Waals surface area contributed by atoms with Gasteiger partial charge in [-0.15, -0.1) is 0 Å². The van der Waals surface area contributed by atoms with E-state index in [4.69, 9.17) is 9.47 Å². The van der Waals surface area contributed by atoms with Gasteiger partial charge in [-0.1, -0.05) is 36.4 Å². The Balaban J connectivity index is 1.90. The molecule has 2 rings (SSSR count). The molecule has 1 atom stereocenters. The van der Waals surface area contributed by atoms with Crippen molar-refractivity contribution < 1.29 is 9.47 Å². The van der Waals surface area contributed by atoms with Crippen molar-refractivity contribution >= 4 is 0 Å². The molecule has 1 unspecified atom stereocenters. The highest BCUT2D eigenvalue weighted by Gasteiger charge is 2.07. The smallest absolute Gasteiger partial charge is 0.130 e. The van der Waals surface area contributed by atoms with Crippen LogP contribution in [0.1, 0.15) is 18.1 Å². The first-order valence-corrected chi connectivity index (χ1v) is 6.57. The lowest BCUT2D eigenvalue weighted by atomic mass is 10.2. The molecular formula is C17H20O2. The molecule has 0 bridgehead atoms. The summed E-state index contributed by atoms with van der Waals surface area (Å²) in [4.78, 5) is 0. The number of benzene rings is 2. The average molecular weight is 256 g/mol. The van der Waals surface area contributed by atoms with Crippen LogP contribution in [0.25, 0.3) is 0 Å². The fourth-order valence-corrected chi connectivity index (χ4v) is 1.86. The topological polar surface area (TPSA) is 18.5 Å². The first-order valence-electron chi connectivity index (χ1n) is 6.57. The predicted molar refractivity (Wildman–Crippen MR) is 77.9 cm³/mol. The third-order valence-corrected chi connectivity index (χ3v) is 2.99. The quantitative estimate of drug-likeness (QED) is 0.800. The second-order valence-corrected chi connectivity index (χ2v) is 4.77. The van der Waals surface area contributed by atoms with Gasteiger partial charge >= 0.3 is 0 Å². The number of rotatable bonds is 5. The fraction of sp³-hybridized carbons (Fsp3) is 0.294. The van der Waals surface area contributed by atoms with Gasteiger partial charge < -0.3 is 9.47 Å². The van der Waals surface area contributed by atoms with Crippen LogP contribution in [0.5, 0.6) is 11.5 Å². The summed E-state index contributed by atoms with van der Waals surface area (Å²) < 4.78 is 11.7. The van der Waals surface area contributed by atoms with E-state index < -0.39 is 0 Å². The first kappa shape index (κ1) is 13.5. The molecule has 100 valence electrons. The monoisotopic (exact) mass is 256 g/mol. The van der Waals surface area contributed by atoms with Crippen molar-refractivity contribution in [3.8, 4) is 11.5 Å². The molecule has 0 saturated heterocycles. The summed E-state index contributed by atoms with van der Waals surface area (Å²) in [7, 11) is 0. The molecular weight excluding hydrogens is 236 g/mol. The minimum absolute atomic E-state index is 0.0145. The lowest BCUT2D eigenvalue weighted by Crippen LogP contribution is -2.21. The third kappa shape index (κ3) is 3.75. The summed E-state index contributed by atoms with van der Waals surface area (Å²) in [6.45, 7) is 6.65. The van der Waals surface area contributed by atoms with Gasteiger partial charge in [0, 0.05) is 0 Å². The molecule has 0 aliphatic heterocycles. The van der Waals surface area contributed by atoms with Crippen molar-refractivity contribution in [2.24, 2.45) is 0 Å². The van der Waals surface area contributed by atoms with Crippen LogP contribution in [0.15, 0.2) is 48.5 Å². The molecule has 2 aromatic rings. The van der Waals surface area contributed by atoms with Crippen molar-refractivity contribution in [2.45, 2.75) is 26.9 Å². The zero-order chi connectivity index (χ0) is 13.7. The molecule has 2 heteroatoms. The van der Waals surface area contributed by atoms with Crippen LogP contribution < -0.4 is 9.47 Å². The molecule has 0 aromatic heterocycles. The number of para-hydroxylation sites is 2. The Kier molecular flexibility index (Phi) is 4.45. The summed E-state index contributed by atoms with van der Waals surface area (Å²) in [6, 6.07) is 16.0. The standard InChI is InChI=1S/C17H20O2/c1-13-8-4-6-10-16(13)18-12-15(3)19-17-11-7-5-9-14(17)2/h4-11,15H,12H2,1-3H3. The van der Waals surface area contributed by atoms with E-state index in [0.717, 1.165) is 22.6 Å². The van der Waals surface area contributed by atoms with Gasteiger partial charge in [0.2, 0.25) is 0 Å². The Morgan fingerprint density at radius 2 is 1.37 bits per heavy atom. The third-order valence-electron chi connectivity index (χ3n) is 2.99. The minimum Gasteiger partial charge on any atom is -0.489 e. The molecule has 0 saturated carbocycles. The van der Waals surface area contributed by atoms with Crippen molar-refractivity contribution in [1.29, 1.82) is 0 Å². The Morgan fingerprint density at radius 3 is 1.95 bits per heavy atom. The van der Waals surface area contributed by atoms with Gasteiger partial charge in [-0.25, -0.2) is 0 Å². The number of hydrogen-bond acceptors (Lipinski definition) is 2. The number of ether oxygens (including phenoxy) is 2. The van der Waals surface area contributed by atoms with Crippen molar-refractivity contribution in [3.05, 3.63) is 59.7 Å². The van der Waals surface area contributed by atoms with E-state index in [0.29, 0.717) is 6.61 Å². The van der Waals surface area contributed by atoms with Gasteiger partial charge in [0.25, 0.3) is 0 Å². The molecule has 0 spiro atoms. The van der Waals surface area contributed by atoms with E-state index in [1.807, 2.05) is 69.3 Å². The van der Waals surface area contributed by atoms with Crippen LogP contribution in [0.3, 0.4) is 0 Å². The van der Waals surface area contributed by atoms with Crippen LogP contribution in [0.2, 0.25) is 0 Å². The van der Waals surface area contributed by atoms with E-state index in [9.17, 15) is 0 Å². The molecule has 2 nitrogen and oxygen atoms in total. The maximum Gasteiger partial charge on any atom is 0.130 e. The molecule has 0 radical (unpaired) electrons. The number of aryl methyl sites for hydroxylation is 2. The van der Waals surface area contributed by atoms with E-state index in [-0.39, 0.29) is 6.10 Å².